The third-order valence-electron chi connectivity index (χ3n) is 4.80. The number of hydrogen-bond donors (Lipinski definition) is 1. The van der Waals surface area contributed by atoms with E-state index in [-0.39, 0.29) is 5.56 Å². The van der Waals surface area contributed by atoms with Gasteiger partial charge in [-0.3, -0.25) is 9.89 Å². The molecular weight excluding hydrogens is 368 g/mol. The summed E-state index contributed by atoms with van der Waals surface area (Å²) in [5.74, 6) is 0. The lowest BCUT2D eigenvalue weighted by atomic mass is 10.1. The third-order valence-corrected chi connectivity index (χ3v) is 5.87. The van der Waals surface area contributed by atoms with E-state index in [2.05, 4.69) is 16.2 Å². The van der Waals surface area contributed by atoms with Crippen LogP contribution < -0.4 is 5.56 Å². The third kappa shape index (κ3) is 3.06. The molecule has 5 nitrogen and oxygen atoms in total. The minimum absolute atomic E-state index is 0.186. The number of thiazole rings is 1. The number of aryl methyl sites for hydroxylation is 3. The number of fused-ring (bicyclic) bond motifs is 1. The zero-order chi connectivity index (χ0) is 19.8. The SMILES string of the molecule is Cc1ccc(-n2[nH]c(C)c(/C=C(\C#N)c3nc4ccccc4s3)c2=O)cc1C. The van der Waals surface area contributed by atoms with Gasteiger partial charge in [0.15, 0.2) is 0 Å². The second kappa shape index (κ2) is 6.95. The molecular formula is C22H18N4OS. The van der Waals surface area contributed by atoms with Gasteiger partial charge in [0.05, 0.1) is 27.0 Å². The molecule has 4 rings (SSSR count). The molecule has 0 aliphatic heterocycles. The van der Waals surface area contributed by atoms with Gasteiger partial charge in [-0.2, -0.15) is 5.26 Å². The standard InChI is InChI=1S/C22H18N4OS/c1-13-8-9-17(10-14(13)2)26-22(27)18(15(3)25-26)11-16(12-23)21-24-19-6-4-5-7-20(19)28-21/h4-11,25H,1-3H3/b16-11+. The topological polar surface area (TPSA) is 74.5 Å². The number of H-pyrrole nitrogens is 1. The van der Waals surface area contributed by atoms with E-state index >= 15 is 0 Å². The largest absolute Gasteiger partial charge is 0.295 e. The summed E-state index contributed by atoms with van der Waals surface area (Å²) in [6, 6.07) is 15.8. The lowest BCUT2D eigenvalue weighted by Gasteiger charge is -2.05. The molecule has 1 N–H and O–H groups in total. The fraction of sp³-hybridized carbons (Fsp3) is 0.136. The molecule has 0 spiro atoms. The van der Waals surface area contributed by atoms with E-state index in [1.807, 2.05) is 63.2 Å². The highest BCUT2D eigenvalue weighted by molar-refractivity contribution is 7.19. The Bertz CT molecular complexity index is 1300. The van der Waals surface area contributed by atoms with Crippen LogP contribution >= 0.6 is 11.3 Å². The summed E-state index contributed by atoms with van der Waals surface area (Å²) in [5.41, 5.74) is 5.27. The summed E-state index contributed by atoms with van der Waals surface area (Å²) in [7, 11) is 0. The van der Waals surface area contributed by atoms with Crippen LogP contribution in [0.25, 0.3) is 27.6 Å². The Morgan fingerprint density at radius 1 is 1.18 bits per heavy atom. The fourth-order valence-corrected chi connectivity index (χ4v) is 3.98. The van der Waals surface area contributed by atoms with Crippen molar-refractivity contribution in [3.8, 4) is 11.8 Å². The van der Waals surface area contributed by atoms with E-state index in [9.17, 15) is 10.1 Å². The monoisotopic (exact) mass is 386 g/mol. The van der Waals surface area contributed by atoms with Crippen LogP contribution in [-0.4, -0.2) is 14.8 Å². The van der Waals surface area contributed by atoms with Crippen molar-refractivity contribution in [1.29, 1.82) is 5.26 Å². The first-order valence-corrected chi connectivity index (χ1v) is 9.66. The van der Waals surface area contributed by atoms with E-state index in [0.29, 0.717) is 21.8 Å². The molecule has 0 unspecified atom stereocenters. The van der Waals surface area contributed by atoms with Crippen LogP contribution in [-0.2, 0) is 0 Å². The molecule has 138 valence electrons. The van der Waals surface area contributed by atoms with Gasteiger partial charge in [-0.1, -0.05) is 18.2 Å². The predicted octanol–water partition coefficient (Wildman–Crippen LogP) is 4.76. The molecule has 0 atom stereocenters. The van der Waals surface area contributed by atoms with Crippen molar-refractivity contribution in [2.75, 3.05) is 0 Å². The summed E-state index contributed by atoms with van der Waals surface area (Å²) in [6.07, 6.45) is 1.63. The normalized spacial score (nSPS) is 11.7. The molecule has 0 saturated heterocycles. The number of benzene rings is 2. The molecule has 4 aromatic rings. The molecule has 0 saturated carbocycles. The highest BCUT2D eigenvalue weighted by atomic mass is 32.1. The van der Waals surface area contributed by atoms with Crippen molar-refractivity contribution in [2.24, 2.45) is 0 Å². The summed E-state index contributed by atoms with van der Waals surface area (Å²) < 4.78 is 2.53. The van der Waals surface area contributed by atoms with E-state index < -0.39 is 0 Å². The molecule has 0 amide bonds. The number of rotatable bonds is 3. The van der Waals surface area contributed by atoms with Crippen LogP contribution in [0, 0.1) is 32.1 Å². The van der Waals surface area contributed by atoms with Gasteiger partial charge >= 0.3 is 0 Å². The minimum atomic E-state index is -0.186. The van der Waals surface area contributed by atoms with E-state index in [4.69, 9.17) is 0 Å². The molecule has 2 heterocycles. The van der Waals surface area contributed by atoms with Gasteiger partial charge in [-0.05, 0) is 62.2 Å². The first-order valence-electron chi connectivity index (χ1n) is 8.85. The van der Waals surface area contributed by atoms with Crippen LogP contribution in [0.2, 0.25) is 0 Å². The maximum Gasteiger partial charge on any atom is 0.278 e. The molecule has 6 heteroatoms. The number of nitrogens with one attached hydrogen (secondary N) is 1. The summed E-state index contributed by atoms with van der Waals surface area (Å²) >= 11 is 1.45. The first-order chi connectivity index (χ1) is 13.5. The van der Waals surface area contributed by atoms with Gasteiger partial charge in [0, 0.05) is 5.69 Å². The maximum absolute atomic E-state index is 13.0. The summed E-state index contributed by atoms with van der Waals surface area (Å²) in [4.78, 5) is 17.5. The van der Waals surface area contributed by atoms with E-state index in [1.54, 1.807) is 6.08 Å². The maximum atomic E-state index is 13.0. The number of aromatic nitrogens is 3. The second-order valence-corrected chi connectivity index (χ2v) is 7.75. The molecule has 2 aromatic heterocycles. The number of hydrogen-bond acceptors (Lipinski definition) is 4. The first kappa shape index (κ1) is 18.0. The Morgan fingerprint density at radius 2 is 1.96 bits per heavy atom. The van der Waals surface area contributed by atoms with Crippen molar-refractivity contribution in [1.82, 2.24) is 14.8 Å². The van der Waals surface area contributed by atoms with Gasteiger partial charge in [0.1, 0.15) is 11.1 Å². The van der Waals surface area contributed by atoms with Crippen molar-refractivity contribution in [2.45, 2.75) is 20.8 Å². The fourth-order valence-electron chi connectivity index (χ4n) is 3.05. The quantitative estimate of drug-likeness (QED) is 0.516. The van der Waals surface area contributed by atoms with E-state index in [1.165, 1.54) is 21.6 Å². The smallest absolute Gasteiger partial charge is 0.278 e. The lowest BCUT2D eigenvalue weighted by molar-refractivity contribution is 0.833. The van der Waals surface area contributed by atoms with Crippen molar-refractivity contribution >= 4 is 33.2 Å². The van der Waals surface area contributed by atoms with Gasteiger partial charge in [0.25, 0.3) is 5.56 Å². The van der Waals surface area contributed by atoms with Crippen LogP contribution in [0.15, 0.2) is 47.3 Å². The molecule has 0 bridgehead atoms. The average Bonchev–Trinajstić information content (AvgIpc) is 3.23. The van der Waals surface area contributed by atoms with Crippen LogP contribution in [0.4, 0.5) is 0 Å². The minimum Gasteiger partial charge on any atom is -0.295 e. The molecule has 0 aliphatic carbocycles. The highest BCUT2D eigenvalue weighted by Crippen LogP contribution is 2.28. The second-order valence-electron chi connectivity index (χ2n) is 6.72. The van der Waals surface area contributed by atoms with E-state index in [0.717, 1.165) is 21.5 Å². The molecule has 0 fully saturated rings. The Balaban J connectivity index is 1.82. The molecule has 0 aliphatic rings. The van der Waals surface area contributed by atoms with Gasteiger partial charge in [-0.15, -0.1) is 11.3 Å². The number of nitrogens with zero attached hydrogens (tertiary/aromatic N) is 3. The summed E-state index contributed by atoms with van der Waals surface area (Å²) in [6.45, 7) is 5.88. The number of aromatic amines is 1. The van der Waals surface area contributed by atoms with Crippen molar-refractivity contribution in [3.63, 3.8) is 0 Å². The van der Waals surface area contributed by atoms with Crippen LogP contribution in [0.5, 0.6) is 0 Å². The van der Waals surface area contributed by atoms with Gasteiger partial charge in [0.2, 0.25) is 0 Å². The number of allylic oxidation sites excluding steroid dienone is 1. The average molecular weight is 386 g/mol. The molecule has 28 heavy (non-hydrogen) atoms. The lowest BCUT2D eigenvalue weighted by Crippen LogP contribution is -2.16. The Hall–Kier alpha value is -3.43. The number of nitriles is 1. The molecule has 0 radical (unpaired) electrons. The Morgan fingerprint density at radius 3 is 2.68 bits per heavy atom. The Kier molecular flexibility index (Phi) is 4.46. The van der Waals surface area contributed by atoms with Crippen molar-refractivity contribution in [3.05, 3.63) is 80.2 Å². The zero-order valence-corrected chi connectivity index (χ0v) is 16.6. The zero-order valence-electron chi connectivity index (χ0n) is 15.8. The molecule has 2 aromatic carbocycles. The predicted molar refractivity (Wildman–Crippen MR) is 114 cm³/mol. The van der Waals surface area contributed by atoms with Crippen molar-refractivity contribution < 1.29 is 0 Å². The number of para-hydroxylation sites is 1. The van der Waals surface area contributed by atoms with Crippen LogP contribution in [0.1, 0.15) is 27.4 Å². The van der Waals surface area contributed by atoms with Gasteiger partial charge in [-0.25, -0.2) is 9.67 Å². The Labute approximate surface area is 166 Å². The van der Waals surface area contributed by atoms with Gasteiger partial charge < -0.3 is 0 Å². The highest BCUT2D eigenvalue weighted by Gasteiger charge is 2.15. The van der Waals surface area contributed by atoms with Crippen LogP contribution in [0.3, 0.4) is 0 Å². The summed E-state index contributed by atoms with van der Waals surface area (Å²) in [5, 5.41) is 13.4.